The molecule has 0 bridgehead atoms. The van der Waals surface area contributed by atoms with Crippen molar-refractivity contribution in [3.63, 3.8) is 0 Å². The second-order valence-corrected chi connectivity index (χ2v) is 8.14. The molecule has 156 valence electrons. The lowest BCUT2D eigenvalue weighted by molar-refractivity contribution is 0.0951. The van der Waals surface area contributed by atoms with Crippen LogP contribution in [0.25, 0.3) is 0 Å². The van der Waals surface area contributed by atoms with Crippen molar-refractivity contribution in [2.75, 3.05) is 13.1 Å². The Hall–Kier alpha value is -2.92. The number of carbonyl (C=O) groups excluding carboxylic acids is 1. The van der Waals surface area contributed by atoms with E-state index >= 15 is 0 Å². The van der Waals surface area contributed by atoms with Crippen LogP contribution in [0.15, 0.2) is 60.9 Å². The van der Waals surface area contributed by atoms with Crippen molar-refractivity contribution < 1.29 is 4.79 Å². The molecule has 1 aliphatic heterocycles. The molecule has 30 heavy (non-hydrogen) atoms. The van der Waals surface area contributed by atoms with Crippen LogP contribution < -0.4 is 5.32 Å². The molecule has 3 aromatic rings. The second kappa shape index (κ2) is 9.72. The highest BCUT2D eigenvalue weighted by atomic mass is 16.1. The zero-order chi connectivity index (χ0) is 20.8. The molecule has 2 aromatic carbocycles. The number of nitrogens with one attached hydrogen (secondary N) is 1. The Labute approximate surface area is 178 Å². The Balaban J connectivity index is 1.31. The summed E-state index contributed by atoms with van der Waals surface area (Å²) in [6.07, 6.45) is 7.74. The quantitative estimate of drug-likeness (QED) is 0.646. The molecule has 4 rings (SSSR count). The standard InChI is InChI=1S/C25H30N4O/c1-20-26-12-15-29(20)19-23-7-5-6-22(16-23)17-27-25(30)24-10-8-21(9-11-24)18-28-13-3-2-4-14-28/h5-12,15-16H,2-4,13-14,17-19H2,1H3,(H,27,30). The number of nitrogens with zero attached hydrogens (tertiary/aromatic N) is 3. The highest BCUT2D eigenvalue weighted by Crippen LogP contribution is 2.14. The highest BCUT2D eigenvalue weighted by Gasteiger charge is 2.11. The van der Waals surface area contributed by atoms with Gasteiger partial charge in [0.15, 0.2) is 0 Å². The van der Waals surface area contributed by atoms with Gasteiger partial charge in [-0.15, -0.1) is 0 Å². The van der Waals surface area contributed by atoms with Crippen molar-refractivity contribution in [2.45, 2.75) is 45.8 Å². The first-order valence-corrected chi connectivity index (χ1v) is 10.8. The molecule has 1 aliphatic rings. The van der Waals surface area contributed by atoms with Gasteiger partial charge in [-0.25, -0.2) is 4.98 Å². The molecule has 0 unspecified atom stereocenters. The van der Waals surface area contributed by atoms with E-state index in [2.05, 4.69) is 44.0 Å². The number of aryl methyl sites for hydroxylation is 1. The molecule has 0 atom stereocenters. The molecule has 0 radical (unpaired) electrons. The predicted molar refractivity (Wildman–Crippen MR) is 119 cm³/mol. The van der Waals surface area contributed by atoms with Crippen molar-refractivity contribution in [2.24, 2.45) is 0 Å². The first-order valence-electron chi connectivity index (χ1n) is 10.8. The van der Waals surface area contributed by atoms with Crippen molar-refractivity contribution >= 4 is 5.91 Å². The lowest BCUT2D eigenvalue weighted by Gasteiger charge is -2.26. The third kappa shape index (κ3) is 5.36. The fraction of sp³-hybridized carbons (Fsp3) is 0.360. The number of benzene rings is 2. The van der Waals surface area contributed by atoms with E-state index in [4.69, 9.17) is 0 Å². The second-order valence-electron chi connectivity index (χ2n) is 8.14. The van der Waals surface area contributed by atoms with E-state index in [0.717, 1.165) is 24.5 Å². The molecule has 0 spiro atoms. The molecule has 5 heteroatoms. The van der Waals surface area contributed by atoms with Crippen molar-refractivity contribution in [3.05, 3.63) is 89.0 Å². The Kier molecular flexibility index (Phi) is 6.60. The van der Waals surface area contributed by atoms with Crippen LogP contribution in [0.1, 0.15) is 52.1 Å². The van der Waals surface area contributed by atoms with E-state index in [9.17, 15) is 4.79 Å². The Morgan fingerprint density at radius 1 is 0.967 bits per heavy atom. The zero-order valence-electron chi connectivity index (χ0n) is 17.7. The van der Waals surface area contributed by atoms with Gasteiger partial charge in [0.25, 0.3) is 5.91 Å². The van der Waals surface area contributed by atoms with E-state index in [1.54, 1.807) is 0 Å². The average molecular weight is 403 g/mol. The van der Waals surface area contributed by atoms with Crippen LogP contribution >= 0.6 is 0 Å². The Bertz CT molecular complexity index is 971. The van der Waals surface area contributed by atoms with Gasteiger partial charge in [0.05, 0.1) is 0 Å². The molecule has 1 aromatic heterocycles. The lowest BCUT2D eigenvalue weighted by Crippen LogP contribution is -2.29. The summed E-state index contributed by atoms with van der Waals surface area (Å²) in [5, 5.41) is 3.05. The third-order valence-corrected chi connectivity index (χ3v) is 5.79. The average Bonchev–Trinajstić information content (AvgIpc) is 3.18. The van der Waals surface area contributed by atoms with Gasteiger partial charge in [0, 0.05) is 37.6 Å². The van der Waals surface area contributed by atoms with Gasteiger partial charge >= 0.3 is 0 Å². The number of aromatic nitrogens is 2. The van der Waals surface area contributed by atoms with Crippen molar-refractivity contribution in [1.29, 1.82) is 0 Å². The van der Waals surface area contributed by atoms with Crippen LogP contribution in [-0.4, -0.2) is 33.4 Å². The zero-order valence-corrected chi connectivity index (χ0v) is 17.7. The Morgan fingerprint density at radius 3 is 2.47 bits per heavy atom. The molecule has 1 N–H and O–H groups in total. The topological polar surface area (TPSA) is 50.2 Å². The molecule has 5 nitrogen and oxygen atoms in total. The SMILES string of the molecule is Cc1nccn1Cc1cccc(CNC(=O)c2ccc(CN3CCCCC3)cc2)c1. The molecular weight excluding hydrogens is 372 g/mol. The smallest absolute Gasteiger partial charge is 0.251 e. The molecule has 1 fully saturated rings. The maximum atomic E-state index is 12.6. The van der Waals surface area contributed by atoms with Gasteiger partial charge in [0.1, 0.15) is 5.82 Å². The number of likely N-dealkylation sites (tertiary alicyclic amines) is 1. The number of imidazole rings is 1. The predicted octanol–water partition coefficient (Wildman–Crippen LogP) is 4.16. The number of carbonyl (C=O) groups is 1. The van der Waals surface area contributed by atoms with Crippen LogP contribution in [-0.2, 0) is 19.6 Å². The normalized spacial score (nSPS) is 14.6. The van der Waals surface area contributed by atoms with Gasteiger partial charge in [-0.05, 0) is 61.7 Å². The summed E-state index contributed by atoms with van der Waals surface area (Å²) in [5.74, 6) is 0.966. The van der Waals surface area contributed by atoms with Crippen LogP contribution in [0.5, 0.6) is 0 Å². The summed E-state index contributed by atoms with van der Waals surface area (Å²) in [5.41, 5.74) is 4.28. The van der Waals surface area contributed by atoms with Gasteiger partial charge in [0.2, 0.25) is 0 Å². The molecular formula is C25H30N4O. The van der Waals surface area contributed by atoms with E-state index in [0.29, 0.717) is 12.1 Å². The molecule has 1 saturated heterocycles. The number of rotatable bonds is 7. The van der Waals surface area contributed by atoms with E-state index in [1.165, 1.54) is 43.5 Å². The minimum Gasteiger partial charge on any atom is -0.348 e. The largest absolute Gasteiger partial charge is 0.348 e. The molecule has 0 saturated carbocycles. The molecule has 1 amide bonds. The van der Waals surface area contributed by atoms with Crippen molar-refractivity contribution in [1.82, 2.24) is 19.8 Å². The van der Waals surface area contributed by atoms with Gasteiger partial charge in [-0.2, -0.15) is 0 Å². The van der Waals surface area contributed by atoms with E-state index in [-0.39, 0.29) is 5.91 Å². The third-order valence-electron chi connectivity index (χ3n) is 5.79. The summed E-state index contributed by atoms with van der Waals surface area (Å²) >= 11 is 0. The summed E-state index contributed by atoms with van der Waals surface area (Å²) in [6.45, 7) is 6.65. The summed E-state index contributed by atoms with van der Waals surface area (Å²) in [7, 11) is 0. The number of amides is 1. The van der Waals surface area contributed by atoms with E-state index < -0.39 is 0 Å². The molecule has 2 heterocycles. The summed E-state index contributed by atoms with van der Waals surface area (Å²) in [4.78, 5) is 19.3. The number of hydrogen-bond acceptors (Lipinski definition) is 3. The molecule has 0 aliphatic carbocycles. The van der Waals surface area contributed by atoms with Crippen LogP contribution in [0.4, 0.5) is 0 Å². The van der Waals surface area contributed by atoms with Gasteiger partial charge in [-0.3, -0.25) is 9.69 Å². The Morgan fingerprint density at radius 2 is 1.73 bits per heavy atom. The van der Waals surface area contributed by atoms with E-state index in [1.807, 2.05) is 43.6 Å². The first kappa shape index (κ1) is 20.4. The van der Waals surface area contributed by atoms with Crippen LogP contribution in [0.2, 0.25) is 0 Å². The minimum atomic E-state index is -0.0321. The van der Waals surface area contributed by atoms with Gasteiger partial charge in [-0.1, -0.05) is 42.8 Å². The fourth-order valence-corrected chi connectivity index (χ4v) is 4.03. The summed E-state index contributed by atoms with van der Waals surface area (Å²) < 4.78 is 2.11. The first-order chi connectivity index (χ1) is 14.7. The van der Waals surface area contributed by atoms with Crippen LogP contribution in [0.3, 0.4) is 0 Å². The summed E-state index contributed by atoms with van der Waals surface area (Å²) in [6, 6.07) is 16.4. The lowest BCUT2D eigenvalue weighted by atomic mass is 10.1. The number of hydrogen-bond donors (Lipinski definition) is 1. The number of piperidine rings is 1. The maximum Gasteiger partial charge on any atom is 0.251 e. The maximum absolute atomic E-state index is 12.6. The minimum absolute atomic E-state index is 0.0321. The van der Waals surface area contributed by atoms with Crippen LogP contribution in [0, 0.1) is 6.92 Å². The fourth-order valence-electron chi connectivity index (χ4n) is 4.03. The van der Waals surface area contributed by atoms with Gasteiger partial charge < -0.3 is 9.88 Å². The monoisotopic (exact) mass is 402 g/mol. The van der Waals surface area contributed by atoms with Crippen molar-refractivity contribution in [3.8, 4) is 0 Å². The highest BCUT2D eigenvalue weighted by molar-refractivity contribution is 5.94.